The molecule has 0 aromatic rings. The van der Waals surface area contributed by atoms with Crippen LogP contribution in [0.15, 0.2) is 155 Å². The average Bonchev–Trinajstić information content (AvgIpc) is 3.26. The number of hydrogen-bond donors (Lipinski definition) is 4. The van der Waals surface area contributed by atoms with Gasteiger partial charge in [-0.1, -0.05) is 226 Å². The lowest BCUT2D eigenvalue weighted by molar-refractivity contribution is -0.323. The number of aliphatic hydroxyl groups is 4. The molecular formula is C60H92O8. The van der Waals surface area contributed by atoms with Crippen LogP contribution in [0, 0.1) is 0 Å². The minimum absolute atomic E-state index is 0.236. The maximum atomic E-state index is 12.4. The SMILES string of the molecule is CCCCCCCCCCCCCC(=O)OC[C@H]1O[C@@H](OC(C)(C)C/C=C/C(C)=C/C=C/C(C)=C/C=C/C(C)=C/C=C/C=C(C)/C=C/C=C(C)/C=C/C=C(C)/C=C/CC(C)(C)O)[C@H](O)[C@@H](O)[C@@H]1O. The lowest BCUT2D eigenvalue weighted by Crippen LogP contribution is -2.60. The maximum absolute atomic E-state index is 12.4. The molecule has 1 saturated heterocycles. The molecule has 0 bridgehead atoms. The van der Waals surface area contributed by atoms with Crippen molar-refractivity contribution in [2.24, 2.45) is 0 Å². The fraction of sp³-hybridized carbons (Fsp3) is 0.550. The Morgan fingerprint density at radius 3 is 1.32 bits per heavy atom. The van der Waals surface area contributed by atoms with Crippen LogP contribution in [0.4, 0.5) is 0 Å². The van der Waals surface area contributed by atoms with Gasteiger partial charge in [-0.2, -0.15) is 0 Å². The molecule has 1 rings (SSSR count). The second-order valence-corrected chi connectivity index (χ2v) is 19.7. The zero-order chi connectivity index (χ0) is 50.8. The van der Waals surface area contributed by atoms with Gasteiger partial charge in [-0.05, 0) is 88.5 Å². The minimum Gasteiger partial charge on any atom is -0.463 e. The van der Waals surface area contributed by atoms with Crippen LogP contribution in [0.5, 0.6) is 0 Å². The smallest absolute Gasteiger partial charge is 0.305 e. The Hall–Kier alpha value is -4.15. The largest absolute Gasteiger partial charge is 0.463 e. The molecule has 8 heteroatoms. The van der Waals surface area contributed by atoms with Gasteiger partial charge in [0.25, 0.3) is 0 Å². The predicted molar refractivity (Wildman–Crippen MR) is 286 cm³/mol. The van der Waals surface area contributed by atoms with Crippen LogP contribution in [0.25, 0.3) is 0 Å². The van der Waals surface area contributed by atoms with Gasteiger partial charge in [-0.25, -0.2) is 0 Å². The van der Waals surface area contributed by atoms with E-state index in [0.717, 1.165) is 52.7 Å². The van der Waals surface area contributed by atoms with Crippen LogP contribution in [0.2, 0.25) is 0 Å². The summed E-state index contributed by atoms with van der Waals surface area (Å²) in [5.74, 6) is -0.369. The number of carbonyl (C=O) groups excluding carboxylic acids is 1. The normalized spacial score (nSPS) is 21.5. The summed E-state index contributed by atoms with van der Waals surface area (Å²) in [5, 5.41) is 41.7. The van der Waals surface area contributed by atoms with Crippen molar-refractivity contribution in [1.29, 1.82) is 0 Å². The second-order valence-electron chi connectivity index (χ2n) is 19.7. The number of esters is 1. The number of carbonyl (C=O) groups is 1. The summed E-state index contributed by atoms with van der Waals surface area (Å²) in [7, 11) is 0. The minimum atomic E-state index is -1.51. The third-order valence-electron chi connectivity index (χ3n) is 11.2. The van der Waals surface area contributed by atoms with Crippen LogP contribution in [-0.4, -0.2) is 74.9 Å². The highest BCUT2D eigenvalue weighted by Crippen LogP contribution is 2.28. The van der Waals surface area contributed by atoms with Gasteiger partial charge in [-0.15, -0.1) is 0 Å². The molecule has 0 amide bonds. The number of ether oxygens (including phenoxy) is 3. The van der Waals surface area contributed by atoms with Crippen LogP contribution in [-0.2, 0) is 19.0 Å². The molecule has 68 heavy (non-hydrogen) atoms. The highest BCUT2D eigenvalue weighted by atomic mass is 16.7. The zero-order valence-electron chi connectivity index (χ0n) is 44.0. The van der Waals surface area contributed by atoms with E-state index in [9.17, 15) is 25.2 Å². The Morgan fingerprint density at radius 2 is 0.897 bits per heavy atom. The lowest BCUT2D eigenvalue weighted by atomic mass is 9.98. The molecule has 380 valence electrons. The van der Waals surface area contributed by atoms with E-state index in [0.29, 0.717) is 19.3 Å². The predicted octanol–water partition coefficient (Wildman–Crippen LogP) is 14.0. The summed E-state index contributed by atoms with van der Waals surface area (Å²) in [4.78, 5) is 12.4. The van der Waals surface area contributed by atoms with Gasteiger partial charge < -0.3 is 34.6 Å². The zero-order valence-corrected chi connectivity index (χ0v) is 44.0. The molecule has 5 atom stereocenters. The Morgan fingerprint density at radius 1 is 0.515 bits per heavy atom. The summed E-state index contributed by atoms with van der Waals surface area (Å²) in [6.07, 6.45) is 48.8. The molecular weight excluding hydrogens is 849 g/mol. The lowest BCUT2D eigenvalue weighted by Gasteiger charge is -2.42. The van der Waals surface area contributed by atoms with E-state index < -0.39 is 41.9 Å². The number of hydrogen-bond acceptors (Lipinski definition) is 8. The fourth-order valence-electron chi connectivity index (χ4n) is 6.91. The van der Waals surface area contributed by atoms with Gasteiger partial charge in [0.2, 0.25) is 0 Å². The second kappa shape index (κ2) is 35.9. The van der Waals surface area contributed by atoms with Gasteiger partial charge in [0.15, 0.2) is 6.29 Å². The average molecular weight is 941 g/mol. The van der Waals surface area contributed by atoms with Crippen molar-refractivity contribution >= 4 is 5.97 Å². The molecule has 0 spiro atoms. The molecule has 4 N–H and O–H groups in total. The molecule has 1 aliphatic rings. The Bertz CT molecular complexity index is 1850. The molecule has 1 aliphatic heterocycles. The van der Waals surface area contributed by atoms with E-state index in [1.54, 1.807) is 13.8 Å². The van der Waals surface area contributed by atoms with Crippen LogP contribution in [0.3, 0.4) is 0 Å². The monoisotopic (exact) mass is 941 g/mol. The quantitative estimate of drug-likeness (QED) is 0.0299. The standard InChI is InChI=1S/C60H92O8/c1-12-13-14-15-16-17-18-19-20-21-22-43-54(61)66-46-53-55(62)56(63)57(64)58(67-53)68-60(10,11)45-30-42-52(7)40-28-38-50(5)36-26-34-48(3)32-24-23-31-47(2)33-25-35-49(4)37-27-39-51(6)41-29-44-59(8,9)65/h23-42,53,55-58,62-65H,12-22,43-46H2,1-11H3/b24-23+,33-25+,34-26+,37-27+,38-28+,41-29+,42-30+,47-31+,48-32+,49-35+,50-36+,51-39+,52-40+/t53-,55-,56+,57-,58+/m1/s1. The number of aliphatic hydroxyl groups excluding tert-OH is 3. The molecule has 8 nitrogen and oxygen atoms in total. The van der Waals surface area contributed by atoms with Gasteiger partial charge in [-0.3, -0.25) is 4.79 Å². The number of allylic oxidation sites excluding steroid dienone is 24. The van der Waals surface area contributed by atoms with Crippen molar-refractivity contribution < 1.29 is 39.4 Å². The first kappa shape index (κ1) is 61.9. The fourth-order valence-corrected chi connectivity index (χ4v) is 6.91. The Balaban J connectivity index is 2.54. The molecule has 1 heterocycles. The van der Waals surface area contributed by atoms with Crippen LogP contribution < -0.4 is 0 Å². The van der Waals surface area contributed by atoms with E-state index in [4.69, 9.17) is 14.2 Å². The highest BCUT2D eigenvalue weighted by molar-refractivity contribution is 5.69. The number of unbranched alkanes of at least 4 members (excludes halogenated alkanes) is 10. The third-order valence-corrected chi connectivity index (χ3v) is 11.2. The molecule has 1 fully saturated rings. The van der Waals surface area contributed by atoms with Gasteiger partial charge >= 0.3 is 5.97 Å². The molecule has 0 aromatic heterocycles. The van der Waals surface area contributed by atoms with Gasteiger partial charge in [0.05, 0.1) is 11.2 Å². The third kappa shape index (κ3) is 32.6. The number of rotatable bonds is 32. The Labute approximate surface area is 413 Å². The van der Waals surface area contributed by atoms with E-state index in [-0.39, 0.29) is 12.6 Å². The summed E-state index contributed by atoms with van der Waals surface area (Å²) >= 11 is 0. The van der Waals surface area contributed by atoms with Crippen molar-refractivity contribution in [3.8, 4) is 0 Å². The Kier molecular flexibility index (Phi) is 32.7. The summed E-state index contributed by atoms with van der Waals surface area (Å²) in [6.45, 7) is 21.7. The first-order valence-corrected chi connectivity index (χ1v) is 25.2. The summed E-state index contributed by atoms with van der Waals surface area (Å²) in [5.41, 5.74) is 5.26. The van der Waals surface area contributed by atoms with Gasteiger partial charge in [0, 0.05) is 6.42 Å². The van der Waals surface area contributed by atoms with E-state index in [1.807, 2.05) is 94.5 Å². The highest BCUT2D eigenvalue weighted by Gasteiger charge is 2.46. The van der Waals surface area contributed by atoms with Crippen molar-refractivity contribution in [3.63, 3.8) is 0 Å². The molecule has 0 aliphatic carbocycles. The topological polar surface area (TPSA) is 126 Å². The molecule has 0 unspecified atom stereocenters. The van der Waals surface area contributed by atoms with E-state index in [2.05, 4.69) is 89.3 Å². The summed E-state index contributed by atoms with van der Waals surface area (Å²) in [6, 6.07) is 0. The van der Waals surface area contributed by atoms with Crippen molar-refractivity contribution in [2.75, 3.05) is 6.61 Å². The van der Waals surface area contributed by atoms with Crippen LogP contribution >= 0.6 is 0 Å². The van der Waals surface area contributed by atoms with Gasteiger partial charge in [0.1, 0.15) is 31.0 Å². The molecule has 0 saturated carbocycles. The molecule has 0 radical (unpaired) electrons. The van der Waals surface area contributed by atoms with Crippen molar-refractivity contribution in [2.45, 2.75) is 208 Å². The molecule has 0 aromatic carbocycles. The van der Waals surface area contributed by atoms with Crippen LogP contribution in [0.1, 0.15) is 166 Å². The van der Waals surface area contributed by atoms with E-state index >= 15 is 0 Å². The maximum Gasteiger partial charge on any atom is 0.305 e. The van der Waals surface area contributed by atoms with Crippen molar-refractivity contribution in [1.82, 2.24) is 0 Å². The first-order chi connectivity index (χ1) is 32.2. The first-order valence-electron chi connectivity index (χ1n) is 25.2. The van der Waals surface area contributed by atoms with E-state index in [1.165, 1.54) is 51.4 Å². The van der Waals surface area contributed by atoms with Crippen molar-refractivity contribution in [3.05, 3.63) is 155 Å². The summed E-state index contributed by atoms with van der Waals surface area (Å²) < 4.78 is 17.4.